The molecule has 2 N–H and O–H groups in total. The first-order valence-corrected chi connectivity index (χ1v) is 5.99. The summed E-state index contributed by atoms with van der Waals surface area (Å²) in [7, 11) is 0. The summed E-state index contributed by atoms with van der Waals surface area (Å²) in [6.07, 6.45) is 1.72. The van der Waals surface area contributed by atoms with Gasteiger partial charge in [0.05, 0.1) is 11.3 Å². The molecule has 94 valence electrons. The fraction of sp³-hybridized carbons (Fsp3) is 0.0667. The van der Waals surface area contributed by atoms with Gasteiger partial charge in [0.2, 0.25) is 5.88 Å². The van der Waals surface area contributed by atoms with Gasteiger partial charge in [0.1, 0.15) is 5.69 Å². The van der Waals surface area contributed by atoms with Crippen molar-refractivity contribution in [2.24, 2.45) is 0 Å². The van der Waals surface area contributed by atoms with Crippen molar-refractivity contribution in [3.8, 4) is 22.5 Å². The van der Waals surface area contributed by atoms with Crippen LogP contribution in [-0.2, 0) is 0 Å². The first-order valence-electron chi connectivity index (χ1n) is 5.99. The Balaban J connectivity index is 2.16. The third-order valence-electron chi connectivity index (χ3n) is 2.96. The van der Waals surface area contributed by atoms with Crippen LogP contribution in [0, 0.1) is 6.92 Å². The molecule has 0 aliphatic carbocycles. The lowest BCUT2D eigenvalue weighted by Crippen LogP contribution is -1.89. The van der Waals surface area contributed by atoms with Crippen LogP contribution in [-0.4, -0.2) is 10.1 Å². The summed E-state index contributed by atoms with van der Waals surface area (Å²) >= 11 is 0. The van der Waals surface area contributed by atoms with Crippen molar-refractivity contribution in [1.29, 1.82) is 0 Å². The first-order chi connectivity index (χ1) is 9.25. The van der Waals surface area contributed by atoms with Crippen LogP contribution in [0.25, 0.3) is 22.5 Å². The van der Waals surface area contributed by atoms with Crippen LogP contribution >= 0.6 is 0 Å². The zero-order valence-corrected chi connectivity index (χ0v) is 10.5. The van der Waals surface area contributed by atoms with Gasteiger partial charge in [-0.1, -0.05) is 41.1 Å². The highest BCUT2D eigenvalue weighted by Gasteiger charge is 2.17. The van der Waals surface area contributed by atoms with Gasteiger partial charge in [0.15, 0.2) is 0 Å². The van der Waals surface area contributed by atoms with Gasteiger partial charge in [-0.3, -0.25) is 4.98 Å². The molecule has 0 unspecified atom stereocenters. The lowest BCUT2D eigenvalue weighted by molar-refractivity contribution is 0.439. The molecular weight excluding hydrogens is 238 g/mol. The van der Waals surface area contributed by atoms with Crippen molar-refractivity contribution >= 4 is 5.88 Å². The lowest BCUT2D eigenvalue weighted by Gasteiger charge is -2.02. The number of hydrogen-bond donors (Lipinski definition) is 1. The zero-order chi connectivity index (χ0) is 13.2. The van der Waals surface area contributed by atoms with E-state index in [0.29, 0.717) is 0 Å². The molecule has 2 aromatic heterocycles. The molecule has 0 amide bonds. The second-order valence-electron chi connectivity index (χ2n) is 4.35. The van der Waals surface area contributed by atoms with Crippen LogP contribution in [0.5, 0.6) is 0 Å². The van der Waals surface area contributed by atoms with Crippen LogP contribution in [0.15, 0.2) is 53.2 Å². The highest BCUT2D eigenvalue weighted by molar-refractivity contribution is 5.85. The number of aryl methyl sites for hydroxylation is 1. The number of benzene rings is 1. The molecule has 0 saturated heterocycles. The van der Waals surface area contributed by atoms with Crippen LogP contribution < -0.4 is 5.73 Å². The molecule has 0 radical (unpaired) electrons. The summed E-state index contributed by atoms with van der Waals surface area (Å²) in [6.45, 7) is 2.04. The van der Waals surface area contributed by atoms with Gasteiger partial charge in [0.25, 0.3) is 0 Å². The predicted octanol–water partition coefficient (Wildman–Crippen LogP) is 3.29. The Hall–Kier alpha value is -2.62. The number of aromatic nitrogens is 2. The number of anilines is 1. The Morgan fingerprint density at radius 1 is 1.05 bits per heavy atom. The van der Waals surface area contributed by atoms with Crippen molar-refractivity contribution in [2.75, 3.05) is 5.73 Å². The quantitative estimate of drug-likeness (QED) is 0.759. The van der Waals surface area contributed by atoms with Crippen molar-refractivity contribution < 1.29 is 4.52 Å². The molecule has 1 aromatic carbocycles. The Kier molecular flexibility index (Phi) is 2.76. The first kappa shape index (κ1) is 11.5. The molecule has 19 heavy (non-hydrogen) atoms. The largest absolute Gasteiger partial charge is 0.367 e. The monoisotopic (exact) mass is 251 g/mol. The second-order valence-corrected chi connectivity index (χ2v) is 4.35. The van der Waals surface area contributed by atoms with Gasteiger partial charge in [-0.05, 0) is 19.1 Å². The van der Waals surface area contributed by atoms with Crippen LogP contribution in [0.1, 0.15) is 5.56 Å². The predicted molar refractivity (Wildman–Crippen MR) is 74.3 cm³/mol. The van der Waals surface area contributed by atoms with Gasteiger partial charge in [-0.2, -0.15) is 0 Å². The summed E-state index contributed by atoms with van der Waals surface area (Å²) in [5.74, 6) is 0.286. The molecule has 4 heteroatoms. The smallest absolute Gasteiger partial charge is 0.232 e. The molecule has 0 atom stereocenters. The minimum atomic E-state index is 0.286. The normalized spacial score (nSPS) is 10.6. The Bertz CT molecular complexity index is 687. The molecule has 2 heterocycles. The van der Waals surface area contributed by atoms with Crippen LogP contribution in [0.3, 0.4) is 0 Å². The Morgan fingerprint density at radius 3 is 2.53 bits per heavy atom. The van der Waals surface area contributed by atoms with E-state index in [1.807, 2.05) is 49.4 Å². The number of nitrogens with two attached hydrogens (primary N) is 1. The Labute approximate surface area is 110 Å². The van der Waals surface area contributed by atoms with E-state index in [1.54, 1.807) is 6.20 Å². The number of rotatable bonds is 2. The summed E-state index contributed by atoms with van der Waals surface area (Å²) in [5.41, 5.74) is 10.2. The van der Waals surface area contributed by atoms with Gasteiger partial charge in [-0.25, -0.2) is 0 Å². The average Bonchev–Trinajstić information content (AvgIpc) is 2.82. The van der Waals surface area contributed by atoms with E-state index in [-0.39, 0.29) is 5.88 Å². The van der Waals surface area contributed by atoms with Gasteiger partial charge >= 0.3 is 0 Å². The molecule has 0 bridgehead atoms. The Morgan fingerprint density at radius 2 is 1.84 bits per heavy atom. The second kappa shape index (κ2) is 4.57. The molecule has 4 nitrogen and oxygen atoms in total. The zero-order valence-electron chi connectivity index (χ0n) is 10.5. The molecule has 0 aliphatic heterocycles. The summed E-state index contributed by atoms with van der Waals surface area (Å²) in [6, 6.07) is 13.7. The highest BCUT2D eigenvalue weighted by atomic mass is 16.5. The topological polar surface area (TPSA) is 64.9 Å². The van der Waals surface area contributed by atoms with Crippen molar-refractivity contribution in [1.82, 2.24) is 10.1 Å². The lowest BCUT2D eigenvalue weighted by atomic mass is 10.0. The van der Waals surface area contributed by atoms with E-state index in [1.165, 1.54) is 5.56 Å². The maximum Gasteiger partial charge on any atom is 0.232 e. The van der Waals surface area contributed by atoms with E-state index in [9.17, 15) is 0 Å². The van der Waals surface area contributed by atoms with E-state index in [2.05, 4.69) is 10.1 Å². The van der Waals surface area contributed by atoms with E-state index >= 15 is 0 Å². The van der Waals surface area contributed by atoms with Crippen molar-refractivity contribution in [2.45, 2.75) is 6.92 Å². The number of hydrogen-bond acceptors (Lipinski definition) is 4. The van der Waals surface area contributed by atoms with Crippen LogP contribution in [0.2, 0.25) is 0 Å². The summed E-state index contributed by atoms with van der Waals surface area (Å²) in [5, 5.41) is 4.05. The van der Waals surface area contributed by atoms with Crippen molar-refractivity contribution in [3.63, 3.8) is 0 Å². The molecule has 3 aromatic rings. The third-order valence-corrected chi connectivity index (χ3v) is 2.96. The third kappa shape index (κ3) is 2.08. The molecular formula is C15H13N3O. The average molecular weight is 251 g/mol. The highest BCUT2D eigenvalue weighted by Crippen LogP contribution is 2.34. The maximum atomic E-state index is 5.87. The maximum absolute atomic E-state index is 5.87. The van der Waals surface area contributed by atoms with Gasteiger partial charge in [0, 0.05) is 11.8 Å². The summed E-state index contributed by atoms with van der Waals surface area (Å²) in [4.78, 5) is 4.31. The molecule has 0 aliphatic rings. The molecule has 3 rings (SSSR count). The fourth-order valence-corrected chi connectivity index (χ4v) is 1.97. The van der Waals surface area contributed by atoms with E-state index in [4.69, 9.17) is 10.3 Å². The summed E-state index contributed by atoms with van der Waals surface area (Å²) < 4.78 is 5.12. The standard InChI is InChI=1S/C15H13N3O/c1-10-5-7-11(8-6-10)14-13(15(16)19-18-14)12-4-2-3-9-17-12/h2-9H,16H2,1H3. The van der Waals surface area contributed by atoms with Gasteiger partial charge < -0.3 is 10.3 Å². The minimum Gasteiger partial charge on any atom is -0.367 e. The molecule has 0 fully saturated rings. The van der Waals surface area contributed by atoms with E-state index in [0.717, 1.165) is 22.5 Å². The fourth-order valence-electron chi connectivity index (χ4n) is 1.97. The van der Waals surface area contributed by atoms with Crippen molar-refractivity contribution in [3.05, 3.63) is 54.2 Å². The van der Waals surface area contributed by atoms with E-state index < -0.39 is 0 Å². The molecule has 0 saturated carbocycles. The minimum absolute atomic E-state index is 0.286. The van der Waals surface area contributed by atoms with Gasteiger partial charge in [-0.15, -0.1) is 0 Å². The SMILES string of the molecule is Cc1ccc(-c2noc(N)c2-c2ccccn2)cc1. The van der Waals surface area contributed by atoms with Crippen LogP contribution in [0.4, 0.5) is 5.88 Å². The number of nitrogen functional groups attached to an aromatic ring is 1. The molecule has 0 spiro atoms. The number of pyridine rings is 1. The number of nitrogens with zero attached hydrogens (tertiary/aromatic N) is 2.